The van der Waals surface area contributed by atoms with Crippen molar-refractivity contribution in [1.29, 1.82) is 0 Å². The molecule has 2 aromatic heterocycles. The van der Waals surface area contributed by atoms with E-state index in [1.54, 1.807) is 6.07 Å². The molecule has 8 aromatic carbocycles. The van der Waals surface area contributed by atoms with Crippen LogP contribution >= 0.6 is 0 Å². The summed E-state index contributed by atoms with van der Waals surface area (Å²) in [6.45, 7) is 0. The highest BCUT2D eigenvalue weighted by molar-refractivity contribution is 6.20. The summed E-state index contributed by atoms with van der Waals surface area (Å²) in [5, 5.41) is -2.77. The van der Waals surface area contributed by atoms with Gasteiger partial charge in [0.1, 0.15) is 22.3 Å². The van der Waals surface area contributed by atoms with Crippen LogP contribution in [0.4, 0.5) is 17.1 Å². The molecule has 230 valence electrons. The van der Waals surface area contributed by atoms with E-state index in [2.05, 4.69) is 0 Å². The number of hydrogen-bond acceptors (Lipinski definition) is 3. The van der Waals surface area contributed by atoms with E-state index >= 15 is 0 Å². The van der Waals surface area contributed by atoms with Crippen molar-refractivity contribution >= 4 is 71.7 Å². The highest BCUT2D eigenvalue weighted by Gasteiger charge is 2.22. The van der Waals surface area contributed by atoms with Crippen molar-refractivity contribution in [3.63, 3.8) is 0 Å². The highest BCUT2D eigenvalue weighted by atomic mass is 16.3. The molecule has 0 saturated carbocycles. The Balaban J connectivity index is 1.43. The number of para-hydroxylation sites is 2. The number of hydrogen-bond donors (Lipinski definition) is 0. The fraction of sp³-hybridized carbons (Fsp3) is 0. The lowest BCUT2D eigenvalue weighted by molar-refractivity contribution is 0.669. The van der Waals surface area contributed by atoms with E-state index in [1.807, 2.05) is 0 Å². The SMILES string of the molecule is [2H]c1c([2H])c([2H])c(N(c2c([2H])c([2H])c(-c3c([2H])c([2H])c4oc5c([2H])c([2H])c([2H])c([2H])c5c4c3[2H])c([2H])c2[2H])c2c([2H])c([2H])c([2H])c3oc4c5c([2H])c([2H])c([2H])c([2H])c5c([2H])c([2H])c4c23)c(-c2ccccc2)c1[2H]. The van der Waals surface area contributed by atoms with Crippen LogP contribution in [-0.4, -0.2) is 0 Å². The second-order valence-corrected chi connectivity index (χ2v) is 10.6. The van der Waals surface area contributed by atoms with Gasteiger partial charge in [0.15, 0.2) is 0 Å². The van der Waals surface area contributed by atoms with Crippen molar-refractivity contribution in [2.24, 2.45) is 0 Å². The van der Waals surface area contributed by atoms with Crippen LogP contribution in [0.1, 0.15) is 32.9 Å². The average Bonchev–Trinajstić information content (AvgIpc) is 3.98. The molecular weight excluding hydrogens is 599 g/mol. The van der Waals surface area contributed by atoms with E-state index in [0.717, 1.165) is 0 Å². The van der Waals surface area contributed by atoms with Crippen LogP contribution in [-0.2, 0) is 0 Å². The molecule has 2 heterocycles. The number of furan rings is 2. The zero-order valence-electron chi connectivity index (χ0n) is 48.7. The Morgan fingerprint density at radius 1 is 0.449 bits per heavy atom. The minimum Gasteiger partial charge on any atom is -0.456 e. The van der Waals surface area contributed by atoms with E-state index < -0.39 is 222 Å². The van der Waals surface area contributed by atoms with Gasteiger partial charge in [-0.05, 0) is 76.5 Å². The van der Waals surface area contributed by atoms with Gasteiger partial charge in [0.2, 0.25) is 0 Å². The first-order chi connectivity index (χ1) is 34.3. The first-order valence-corrected chi connectivity index (χ1v) is 14.6. The third kappa shape index (κ3) is 4.44. The summed E-state index contributed by atoms with van der Waals surface area (Å²) < 4.78 is 229. The largest absolute Gasteiger partial charge is 0.456 e. The van der Waals surface area contributed by atoms with Crippen molar-refractivity contribution in [2.45, 2.75) is 0 Å². The van der Waals surface area contributed by atoms with E-state index in [0.29, 0.717) is 4.90 Å². The summed E-state index contributed by atoms with van der Waals surface area (Å²) in [6.07, 6.45) is 0. The summed E-state index contributed by atoms with van der Waals surface area (Å²) in [7, 11) is 0. The van der Waals surface area contributed by atoms with E-state index in [9.17, 15) is 12.3 Å². The van der Waals surface area contributed by atoms with Crippen LogP contribution < -0.4 is 4.90 Å². The van der Waals surface area contributed by atoms with E-state index in [1.165, 1.54) is 24.3 Å². The Morgan fingerprint density at radius 3 is 2.06 bits per heavy atom. The molecule has 0 fully saturated rings. The highest BCUT2D eigenvalue weighted by Crippen LogP contribution is 2.47. The summed E-state index contributed by atoms with van der Waals surface area (Å²) in [4.78, 5) is 0.706. The maximum absolute atomic E-state index is 9.77. The first kappa shape index (κ1) is 12.8. The summed E-state index contributed by atoms with van der Waals surface area (Å²) in [5.41, 5.74) is -6.35. The molecule has 0 N–H and O–H groups in total. The molecule has 0 amide bonds. The normalized spacial score (nSPS) is 18.5. The minimum atomic E-state index is -1.10. The Morgan fingerprint density at radius 2 is 1.16 bits per heavy atom. The number of nitrogens with zero attached hydrogens (tertiary/aromatic N) is 1. The predicted octanol–water partition coefficient (Wildman–Crippen LogP) is 13.4. The van der Waals surface area contributed by atoms with Crippen LogP contribution in [0.5, 0.6) is 0 Å². The Labute approximate surface area is 316 Å². The predicted molar refractivity (Wildman–Crippen MR) is 204 cm³/mol. The molecule has 10 aromatic rings. The second kappa shape index (κ2) is 11.0. The average molecular weight is 652 g/mol. The summed E-state index contributed by atoms with van der Waals surface area (Å²) in [6, 6.07) is -12.8. The molecule has 0 aliphatic heterocycles. The number of rotatable bonds is 5. The Bertz CT molecular complexity index is 4180. The van der Waals surface area contributed by atoms with Crippen LogP contribution in [0.2, 0.25) is 0 Å². The van der Waals surface area contributed by atoms with Gasteiger partial charge in [-0.3, -0.25) is 0 Å². The van der Waals surface area contributed by atoms with Crippen molar-refractivity contribution < 1.29 is 41.7 Å². The van der Waals surface area contributed by atoms with E-state index in [-0.39, 0.29) is 16.5 Å². The molecule has 3 heteroatoms. The van der Waals surface area contributed by atoms with Gasteiger partial charge in [-0.25, -0.2) is 0 Å². The molecule has 3 nitrogen and oxygen atoms in total. The van der Waals surface area contributed by atoms with E-state index in [4.69, 9.17) is 29.4 Å². The number of benzene rings is 8. The monoisotopic (exact) mass is 651 g/mol. The lowest BCUT2D eigenvalue weighted by atomic mass is 9.99. The quantitative estimate of drug-likeness (QED) is 0.185. The Hall–Kier alpha value is -6.58. The summed E-state index contributed by atoms with van der Waals surface area (Å²) in [5.74, 6) is 0. The fourth-order valence-electron chi connectivity index (χ4n) is 5.71. The van der Waals surface area contributed by atoms with Crippen LogP contribution in [0, 0.1) is 0 Å². The van der Waals surface area contributed by atoms with Gasteiger partial charge < -0.3 is 13.7 Å². The van der Waals surface area contributed by atoms with Crippen molar-refractivity contribution in [2.75, 3.05) is 4.90 Å². The van der Waals surface area contributed by atoms with Gasteiger partial charge in [0, 0.05) is 32.8 Å². The second-order valence-electron chi connectivity index (χ2n) is 10.6. The lowest BCUT2D eigenvalue weighted by Gasteiger charge is -2.28. The van der Waals surface area contributed by atoms with Gasteiger partial charge in [-0.2, -0.15) is 0 Å². The molecule has 0 aliphatic carbocycles. The smallest absolute Gasteiger partial charge is 0.143 e. The van der Waals surface area contributed by atoms with Gasteiger partial charge in [-0.15, -0.1) is 0 Å². The lowest BCUT2D eigenvalue weighted by Crippen LogP contribution is -2.11. The van der Waals surface area contributed by atoms with Gasteiger partial charge >= 0.3 is 0 Å². The van der Waals surface area contributed by atoms with Crippen molar-refractivity contribution in [3.05, 3.63) is 175 Å². The number of anilines is 3. The Kier molecular flexibility index (Phi) is 2.87. The number of fused-ring (bicyclic) bond motifs is 8. The van der Waals surface area contributed by atoms with Gasteiger partial charge in [0.05, 0.1) is 49.7 Å². The molecule has 0 aliphatic rings. The maximum atomic E-state index is 9.77. The van der Waals surface area contributed by atoms with Gasteiger partial charge in [0.25, 0.3) is 0 Å². The topological polar surface area (TPSA) is 29.5 Å². The molecule has 0 saturated heterocycles. The molecule has 0 spiro atoms. The first-order valence-electron chi connectivity index (χ1n) is 26.6. The van der Waals surface area contributed by atoms with Gasteiger partial charge in [-0.1, -0.05) is 121 Å². The van der Waals surface area contributed by atoms with Crippen LogP contribution in [0.25, 0.3) is 76.9 Å². The molecule has 0 bridgehead atoms. The molecule has 10 rings (SSSR count). The molecule has 49 heavy (non-hydrogen) atoms. The van der Waals surface area contributed by atoms with Crippen molar-refractivity contribution in [1.82, 2.24) is 0 Å². The van der Waals surface area contributed by atoms with Crippen LogP contribution in [0.3, 0.4) is 0 Å². The molecule has 0 radical (unpaired) electrons. The van der Waals surface area contributed by atoms with Crippen LogP contribution in [0.15, 0.2) is 184 Å². The zero-order valence-corrected chi connectivity index (χ0v) is 24.7. The fourth-order valence-corrected chi connectivity index (χ4v) is 5.71. The minimum absolute atomic E-state index is 0.0697. The maximum Gasteiger partial charge on any atom is 0.143 e. The summed E-state index contributed by atoms with van der Waals surface area (Å²) >= 11 is 0. The molecular formula is C46H29NO2. The standard InChI is InChI=1S/C46H29NO2/c1-2-11-31(12-3-1)35-14-6-8-17-40(35)47(41-18-10-20-44-45(41)38-27-23-32-13-4-5-15-36(32)46(38)49-44)34-25-21-30(22-26-34)33-24-28-43-39(29-33)37-16-7-9-19-42(37)48-43/h1-29H/i4D,5D,6D,7D,8D,9D,10D,13D,14D,15D,16D,17D,18D,19D,20D,21D,22D,23D,24D,25D,26D,27D,28D,29D. The third-order valence-electron chi connectivity index (χ3n) is 7.88. The zero-order chi connectivity index (χ0) is 53.2. The third-order valence-corrected chi connectivity index (χ3v) is 7.88. The molecule has 0 unspecified atom stereocenters. The van der Waals surface area contributed by atoms with Crippen molar-refractivity contribution in [3.8, 4) is 22.3 Å². The molecule has 0 atom stereocenters.